The quantitative estimate of drug-likeness (QED) is 0.787. The Morgan fingerprint density at radius 1 is 1.60 bits per heavy atom. The predicted molar refractivity (Wildman–Crippen MR) is 53.4 cm³/mol. The van der Waals surface area contributed by atoms with Gasteiger partial charge in [-0.3, -0.25) is 14.9 Å². The number of aromatic amines is 1. The van der Waals surface area contributed by atoms with E-state index >= 15 is 0 Å². The Morgan fingerprint density at radius 3 is 3.13 bits per heavy atom. The van der Waals surface area contributed by atoms with Crippen LogP contribution in [0.25, 0.3) is 0 Å². The van der Waals surface area contributed by atoms with Gasteiger partial charge in [-0.15, -0.1) is 11.3 Å². The molecule has 2 aromatic rings. The van der Waals surface area contributed by atoms with Gasteiger partial charge in [-0.25, -0.2) is 0 Å². The molecule has 1 amide bonds. The van der Waals surface area contributed by atoms with Crippen LogP contribution < -0.4 is 5.32 Å². The van der Waals surface area contributed by atoms with Crippen molar-refractivity contribution in [3.05, 3.63) is 28.3 Å². The number of rotatable bonds is 2. The Bertz CT molecular complexity index is 509. The Morgan fingerprint density at radius 2 is 2.47 bits per heavy atom. The standard InChI is InChI=1S/C8H5N5OS/c9-1-5-2-11-13-7(5)12-8(14)6-3-10-4-15-6/h2-4H,(H2,11,12,13,14). The third kappa shape index (κ3) is 1.84. The fourth-order valence-corrected chi connectivity index (χ4v) is 1.48. The van der Waals surface area contributed by atoms with E-state index in [9.17, 15) is 4.79 Å². The largest absolute Gasteiger partial charge is 0.305 e. The molecule has 0 unspecified atom stereocenters. The van der Waals surface area contributed by atoms with Crippen LogP contribution in [0.4, 0.5) is 5.82 Å². The molecule has 15 heavy (non-hydrogen) atoms. The van der Waals surface area contributed by atoms with Crippen molar-refractivity contribution in [3.63, 3.8) is 0 Å². The lowest BCUT2D eigenvalue weighted by molar-refractivity contribution is 0.103. The number of nitrogens with one attached hydrogen (secondary N) is 2. The van der Waals surface area contributed by atoms with Crippen LogP contribution in [-0.4, -0.2) is 21.1 Å². The molecule has 0 aliphatic carbocycles. The zero-order chi connectivity index (χ0) is 10.7. The highest BCUT2D eigenvalue weighted by Crippen LogP contribution is 2.12. The zero-order valence-electron chi connectivity index (χ0n) is 7.39. The van der Waals surface area contributed by atoms with Gasteiger partial charge in [0.05, 0.1) is 17.9 Å². The molecule has 0 aliphatic rings. The summed E-state index contributed by atoms with van der Waals surface area (Å²) in [4.78, 5) is 15.8. The number of nitrogens with zero attached hydrogens (tertiary/aromatic N) is 3. The summed E-state index contributed by atoms with van der Waals surface area (Å²) in [5.74, 6) is -0.00542. The van der Waals surface area contributed by atoms with E-state index in [1.54, 1.807) is 5.51 Å². The van der Waals surface area contributed by atoms with E-state index in [-0.39, 0.29) is 5.91 Å². The van der Waals surface area contributed by atoms with Gasteiger partial charge in [0.1, 0.15) is 22.3 Å². The van der Waals surface area contributed by atoms with Crippen molar-refractivity contribution >= 4 is 23.1 Å². The number of anilines is 1. The van der Waals surface area contributed by atoms with Crippen molar-refractivity contribution in [2.45, 2.75) is 0 Å². The molecule has 6 nitrogen and oxygen atoms in total. The van der Waals surface area contributed by atoms with Crippen molar-refractivity contribution in [2.24, 2.45) is 0 Å². The first-order valence-electron chi connectivity index (χ1n) is 3.94. The Hall–Kier alpha value is -2.20. The van der Waals surface area contributed by atoms with Gasteiger partial charge in [0.25, 0.3) is 5.91 Å². The molecule has 0 saturated heterocycles. The van der Waals surface area contributed by atoms with Gasteiger partial charge >= 0.3 is 0 Å². The van der Waals surface area contributed by atoms with E-state index in [1.807, 2.05) is 6.07 Å². The minimum atomic E-state index is -0.307. The lowest BCUT2D eigenvalue weighted by Gasteiger charge is -1.98. The predicted octanol–water partition coefficient (Wildman–Crippen LogP) is 0.990. The summed E-state index contributed by atoms with van der Waals surface area (Å²) in [6.45, 7) is 0. The number of carbonyl (C=O) groups is 1. The van der Waals surface area contributed by atoms with Crippen LogP contribution >= 0.6 is 11.3 Å². The average Bonchev–Trinajstić information content (AvgIpc) is 2.87. The van der Waals surface area contributed by atoms with Crippen molar-refractivity contribution in [3.8, 4) is 6.07 Å². The maximum atomic E-state index is 11.5. The van der Waals surface area contributed by atoms with E-state index in [2.05, 4.69) is 20.5 Å². The first kappa shape index (κ1) is 9.36. The maximum Gasteiger partial charge on any atom is 0.268 e. The molecule has 2 aromatic heterocycles. The Kier molecular flexibility index (Phi) is 2.43. The summed E-state index contributed by atoms with van der Waals surface area (Å²) in [5.41, 5.74) is 1.86. The second kappa shape index (κ2) is 3.89. The molecule has 7 heteroatoms. The zero-order valence-corrected chi connectivity index (χ0v) is 8.21. The molecular formula is C8H5N5OS. The molecule has 0 fully saturated rings. The molecule has 0 aliphatic heterocycles. The maximum absolute atomic E-state index is 11.5. The number of hydrogen-bond donors (Lipinski definition) is 2. The van der Waals surface area contributed by atoms with Crippen LogP contribution in [0.15, 0.2) is 17.9 Å². The number of carbonyl (C=O) groups excluding carboxylic acids is 1. The summed E-state index contributed by atoms with van der Waals surface area (Å²) in [7, 11) is 0. The molecule has 2 N–H and O–H groups in total. The number of amides is 1. The lowest BCUT2D eigenvalue weighted by Crippen LogP contribution is -2.11. The van der Waals surface area contributed by atoms with Gasteiger partial charge in [-0.2, -0.15) is 10.4 Å². The minimum absolute atomic E-state index is 0.299. The summed E-state index contributed by atoms with van der Waals surface area (Å²) < 4.78 is 0. The molecule has 0 atom stereocenters. The van der Waals surface area contributed by atoms with Crippen LogP contribution in [-0.2, 0) is 0 Å². The Balaban J connectivity index is 2.17. The van der Waals surface area contributed by atoms with Gasteiger partial charge in [0, 0.05) is 0 Å². The molecule has 2 rings (SSSR count). The molecule has 0 radical (unpaired) electrons. The topological polar surface area (TPSA) is 94.5 Å². The van der Waals surface area contributed by atoms with Crippen LogP contribution in [0.2, 0.25) is 0 Å². The van der Waals surface area contributed by atoms with E-state index in [4.69, 9.17) is 5.26 Å². The third-order valence-corrected chi connectivity index (χ3v) is 2.43. The molecule has 0 spiro atoms. The molecule has 0 aromatic carbocycles. The number of aromatic nitrogens is 3. The second-order valence-corrected chi connectivity index (χ2v) is 3.48. The minimum Gasteiger partial charge on any atom is -0.305 e. The normalized spacial score (nSPS) is 9.53. The van der Waals surface area contributed by atoms with Crippen molar-refractivity contribution in [1.82, 2.24) is 15.2 Å². The average molecular weight is 219 g/mol. The summed E-state index contributed by atoms with van der Waals surface area (Å²) in [5, 5.41) is 17.4. The third-order valence-electron chi connectivity index (χ3n) is 1.65. The molecular weight excluding hydrogens is 214 g/mol. The van der Waals surface area contributed by atoms with Gasteiger partial charge in [-0.1, -0.05) is 0 Å². The first-order valence-corrected chi connectivity index (χ1v) is 4.82. The smallest absolute Gasteiger partial charge is 0.268 e. The molecule has 0 saturated carbocycles. The molecule has 0 bridgehead atoms. The second-order valence-electron chi connectivity index (χ2n) is 2.59. The number of thiazole rings is 1. The van der Waals surface area contributed by atoms with Gasteiger partial charge in [0.15, 0.2) is 0 Å². The van der Waals surface area contributed by atoms with Crippen molar-refractivity contribution in [1.29, 1.82) is 5.26 Å². The van der Waals surface area contributed by atoms with Gasteiger partial charge in [-0.05, 0) is 0 Å². The van der Waals surface area contributed by atoms with Crippen LogP contribution in [0.1, 0.15) is 15.2 Å². The molecule has 74 valence electrons. The summed E-state index contributed by atoms with van der Waals surface area (Å²) in [6.07, 6.45) is 2.81. The van der Waals surface area contributed by atoms with Crippen LogP contribution in [0.5, 0.6) is 0 Å². The highest BCUT2D eigenvalue weighted by Gasteiger charge is 2.11. The van der Waals surface area contributed by atoms with Crippen LogP contribution in [0.3, 0.4) is 0 Å². The monoisotopic (exact) mass is 219 g/mol. The van der Waals surface area contributed by atoms with Gasteiger partial charge < -0.3 is 5.32 Å². The van der Waals surface area contributed by atoms with E-state index in [0.29, 0.717) is 16.3 Å². The van der Waals surface area contributed by atoms with Crippen molar-refractivity contribution < 1.29 is 4.79 Å². The number of nitriles is 1. The Labute approximate surface area is 88.6 Å². The van der Waals surface area contributed by atoms with E-state index in [0.717, 1.165) is 0 Å². The fraction of sp³-hybridized carbons (Fsp3) is 0. The highest BCUT2D eigenvalue weighted by atomic mass is 32.1. The van der Waals surface area contributed by atoms with Crippen LogP contribution in [0, 0.1) is 11.3 Å². The summed E-state index contributed by atoms with van der Waals surface area (Å²) in [6, 6.07) is 1.91. The highest BCUT2D eigenvalue weighted by molar-refractivity contribution is 7.11. The summed E-state index contributed by atoms with van der Waals surface area (Å²) >= 11 is 1.23. The van der Waals surface area contributed by atoms with Gasteiger partial charge in [0.2, 0.25) is 0 Å². The first-order chi connectivity index (χ1) is 7.31. The molecule has 2 heterocycles. The van der Waals surface area contributed by atoms with E-state index in [1.165, 1.54) is 23.7 Å². The fourth-order valence-electron chi connectivity index (χ4n) is 0.969. The lowest BCUT2D eigenvalue weighted by atomic mass is 10.3. The van der Waals surface area contributed by atoms with E-state index < -0.39 is 0 Å². The number of hydrogen-bond acceptors (Lipinski definition) is 5. The SMILES string of the molecule is N#Cc1cn[nH]c1NC(=O)c1cncs1. The van der Waals surface area contributed by atoms with Crippen molar-refractivity contribution in [2.75, 3.05) is 5.32 Å². The number of H-pyrrole nitrogens is 1.